The number of hydrogen-bond acceptors (Lipinski definition) is 4. The average molecular weight is 299 g/mol. The number of halogens is 3. The molecule has 21 heavy (non-hydrogen) atoms. The van der Waals surface area contributed by atoms with Gasteiger partial charge >= 0.3 is 5.97 Å². The van der Waals surface area contributed by atoms with Gasteiger partial charge in [-0.25, -0.2) is 14.1 Å². The zero-order valence-corrected chi connectivity index (χ0v) is 10.7. The molecule has 1 unspecified atom stereocenters. The van der Waals surface area contributed by atoms with Crippen molar-refractivity contribution in [2.45, 2.75) is 13.0 Å². The fourth-order valence-electron chi connectivity index (χ4n) is 2.38. The number of rotatable bonds is 1. The largest absolute Gasteiger partial charge is 0.486 e. The molecule has 110 valence electrons. The predicted octanol–water partition coefficient (Wildman–Crippen LogP) is 2.27. The predicted molar refractivity (Wildman–Crippen MR) is 64.9 cm³/mol. The summed E-state index contributed by atoms with van der Waals surface area (Å²) in [5, 5.41) is -0.279. The molecule has 0 saturated carbocycles. The average Bonchev–Trinajstić information content (AvgIpc) is 2.47. The molecule has 8 heteroatoms. The summed E-state index contributed by atoms with van der Waals surface area (Å²) in [4.78, 5) is 26.5. The fraction of sp³-hybridized carbons (Fsp3) is 0.231. The molecule has 0 fully saturated rings. The molecule has 1 aliphatic rings. The van der Waals surface area contributed by atoms with E-state index < -0.39 is 34.3 Å². The molecule has 0 amide bonds. The van der Waals surface area contributed by atoms with Crippen LogP contribution in [0, 0.1) is 11.6 Å². The molecule has 0 radical (unpaired) electrons. The van der Waals surface area contributed by atoms with E-state index in [1.54, 1.807) is 6.92 Å². The van der Waals surface area contributed by atoms with E-state index in [2.05, 4.69) is 4.94 Å². The highest BCUT2D eigenvalue weighted by Gasteiger charge is 2.28. The minimum atomic E-state index is -1.49. The lowest BCUT2D eigenvalue weighted by atomic mass is 10.1. The van der Waals surface area contributed by atoms with E-state index in [1.807, 2.05) is 0 Å². The molecule has 3 rings (SSSR count). The third kappa shape index (κ3) is 1.78. The first-order valence-electron chi connectivity index (χ1n) is 5.98. The summed E-state index contributed by atoms with van der Waals surface area (Å²) in [7, 11) is 0. The van der Waals surface area contributed by atoms with Gasteiger partial charge in [-0.1, -0.05) is 0 Å². The van der Waals surface area contributed by atoms with Crippen LogP contribution in [0.4, 0.5) is 13.3 Å². The highest BCUT2D eigenvalue weighted by atomic mass is 19.3. The molecule has 0 N–H and O–H groups in total. The lowest BCUT2D eigenvalue weighted by Crippen LogP contribution is -2.27. The first-order chi connectivity index (χ1) is 9.95. The Labute approximate surface area is 115 Å². The van der Waals surface area contributed by atoms with E-state index in [-0.39, 0.29) is 23.6 Å². The summed E-state index contributed by atoms with van der Waals surface area (Å²) in [5.41, 5.74) is -1.54. The van der Waals surface area contributed by atoms with Crippen molar-refractivity contribution in [3.05, 3.63) is 39.7 Å². The maximum Gasteiger partial charge on any atom is 0.384 e. The summed E-state index contributed by atoms with van der Waals surface area (Å²) in [5.74, 6) is -4.40. The minimum Gasteiger partial charge on any atom is -0.486 e. The number of benzene rings is 1. The SMILES string of the molecule is CC1COc2c(F)c(F)cc3c(=O)c(C(=O)OF)cn1c23. The van der Waals surface area contributed by atoms with Crippen LogP contribution in [0.1, 0.15) is 23.3 Å². The number of nitrogens with zero attached hydrogens (tertiary/aromatic N) is 1. The summed E-state index contributed by atoms with van der Waals surface area (Å²) < 4.78 is 45.9. The van der Waals surface area contributed by atoms with E-state index in [9.17, 15) is 22.9 Å². The Kier molecular flexibility index (Phi) is 2.89. The second-order valence-electron chi connectivity index (χ2n) is 4.70. The third-order valence-corrected chi connectivity index (χ3v) is 3.40. The Hall–Kier alpha value is -2.51. The molecule has 0 bridgehead atoms. The Morgan fingerprint density at radius 2 is 2.19 bits per heavy atom. The van der Waals surface area contributed by atoms with Crippen LogP contribution >= 0.6 is 0 Å². The molecule has 2 heterocycles. The van der Waals surface area contributed by atoms with Crippen LogP contribution in [-0.4, -0.2) is 17.1 Å². The first-order valence-corrected chi connectivity index (χ1v) is 5.98. The Bertz CT molecular complexity index is 831. The first kappa shape index (κ1) is 13.5. The number of carbonyl (C=O) groups excluding carboxylic acids is 1. The van der Waals surface area contributed by atoms with Crippen molar-refractivity contribution in [1.82, 2.24) is 4.57 Å². The maximum atomic E-state index is 13.8. The fourth-order valence-corrected chi connectivity index (χ4v) is 2.38. The highest BCUT2D eigenvalue weighted by Crippen LogP contribution is 2.35. The van der Waals surface area contributed by atoms with E-state index in [4.69, 9.17) is 4.74 Å². The monoisotopic (exact) mass is 299 g/mol. The van der Waals surface area contributed by atoms with Crippen LogP contribution in [-0.2, 0) is 4.94 Å². The van der Waals surface area contributed by atoms with Crippen molar-refractivity contribution in [3.8, 4) is 5.75 Å². The summed E-state index contributed by atoms with van der Waals surface area (Å²) >= 11 is 0. The molecular formula is C13H8F3NO4. The van der Waals surface area contributed by atoms with Crippen molar-refractivity contribution in [1.29, 1.82) is 0 Å². The van der Waals surface area contributed by atoms with Gasteiger partial charge < -0.3 is 9.30 Å². The van der Waals surface area contributed by atoms with Crippen LogP contribution in [0.25, 0.3) is 10.9 Å². The number of pyridine rings is 1. The molecule has 1 aromatic heterocycles. The molecule has 0 aliphatic carbocycles. The van der Waals surface area contributed by atoms with Gasteiger partial charge in [-0.3, -0.25) is 4.79 Å². The van der Waals surface area contributed by atoms with Crippen LogP contribution in [0.3, 0.4) is 0 Å². The number of ether oxygens (including phenoxy) is 1. The standard InChI is InChI=1S/C13H8F3NO4/c1-5-4-20-12-9(15)8(14)2-6-10(12)17(5)3-7(11(6)18)13(19)21-16/h2-3,5H,4H2,1H3. The lowest BCUT2D eigenvalue weighted by molar-refractivity contribution is -0.0789. The van der Waals surface area contributed by atoms with Gasteiger partial charge in [0, 0.05) is 10.7 Å². The summed E-state index contributed by atoms with van der Waals surface area (Å²) in [6, 6.07) is 0.292. The molecule has 1 atom stereocenters. The van der Waals surface area contributed by atoms with Gasteiger partial charge in [-0.2, -0.15) is 4.39 Å². The molecular weight excluding hydrogens is 291 g/mol. The van der Waals surface area contributed by atoms with Crippen molar-refractivity contribution in [2.24, 2.45) is 0 Å². The van der Waals surface area contributed by atoms with Gasteiger partial charge in [-0.15, -0.1) is 0 Å². The van der Waals surface area contributed by atoms with Crippen molar-refractivity contribution in [3.63, 3.8) is 0 Å². The van der Waals surface area contributed by atoms with Crippen LogP contribution in [0.15, 0.2) is 17.1 Å². The molecule has 5 nitrogen and oxygen atoms in total. The second-order valence-corrected chi connectivity index (χ2v) is 4.70. The smallest absolute Gasteiger partial charge is 0.384 e. The zero-order chi connectivity index (χ0) is 15.3. The van der Waals surface area contributed by atoms with E-state index >= 15 is 0 Å². The molecule has 1 aromatic carbocycles. The van der Waals surface area contributed by atoms with Crippen LogP contribution < -0.4 is 10.2 Å². The number of carbonyl (C=O) groups is 1. The van der Waals surface area contributed by atoms with Crippen molar-refractivity contribution < 1.29 is 27.8 Å². The van der Waals surface area contributed by atoms with Gasteiger partial charge in [0.2, 0.25) is 11.2 Å². The van der Waals surface area contributed by atoms with Crippen LogP contribution in [0.2, 0.25) is 0 Å². The maximum absolute atomic E-state index is 13.8. The molecule has 0 spiro atoms. The van der Waals surface area contributed by atoms with Gasteiger partial charge in [0.05, 0.1) is 16.9 Å². The third-order valence-electron chi connectivity index (χ3n) is 3.40. The van der Waals surface area contributed by atoms with Crippen molar-refractivity contribution in [2.75, 3.05) is 6.61 Å². The Morgan fingerprint density at radius 3 is 2.86 bits per heavy atom. The highest BCUT2D eigenvalue weighted by molar-refractivity contribution is 5.95. The lowest BCUT2D eigenvalue weighted by Gasteiger charge is -2.27. The van der Waals surface area contributed by atoms with Gasteiger partial charge in [0.15, 0.2) is 11.6 Å². The summed E-state index contributed by atoms with van der Waals surface area (Å²) in [6.45, 7) is 1.69. The quantitative estimate of drug-likeness (QED) is 0.810. The van der Waals surface area contributed by atoms with Gasteiger partial charge in [0.1, 0.15) is 12.2 Å². The normalized spacial score (nSPS) is 16.7. The van der Waals surface area contributed by atoms with Gasteiger partial charge in [-0.05, 0) is 13.0 Å². The second kappa shape index (κ2) is 4.51. The van der Waals surface area contributed by atoms with E-state index in [0.29, 0.717) is 6.07 Å². The number of hydrogen-bond donors (Lipinski definition) is 0. The Balaban J connectivity index is 2.51. The molecule has 0 saturated heterocycles. The zero-order valence-electron chi connectivity index (χ0n) is 10.7. The summed E-state index contributed by atoms with van der Waals surface area (Å²) in [6.07, 6.45) is 1.06. The topological polar surface area (TPSA) is 57.5 Å². The minimum absolute atomic E-state index is 0.00938. The van der Waals surface area contributed by atoms with Gasteiger partial charge in [0.25, 0.3) is 0 Å². The molecule has 2 aromatic rings. The molecule has 1 aliphatic heterocycles. The van der Waals surface area contributed by atoms with E-state index in [1.165, 1.54) is 4.57 Å². The Morgan fingerprint density at radius 1 is 1.48 bits per heavy atom. The van der Waals surface area contributed by atoms with Crippen LogP contribution in [0.5, 0.6) is 5.75 Å². The van der Waals surface area contributed by atoms with Crippen molar-refractivity contribution >= 4 is 16.9 Å². The number of aromatic nitrogens is 1. The van der Waals surface area contributed by atoms with E-state index in [0.717, 1.165) is 6.20 Å².